The molecular weight excluding hydrogens is 875 g/mol. The van der Waals surface area contributed by atoms with Crippen LogP contribution in [-0.4, -0.2) is 47.4 Å². The van der Waals surface area contributed by atoms with E-state index >= 15 is 0 Å². The summed E-state index contributed by atoms with van der Waals surface area (Å²) in [6, 6.07) is -0.538. The standard InChI is InChI=1S/C65H125NO5/c1-3-5-7-9-11-13-15-17-31-35-39-43-47-51-55-59-65(70)71-60-56-52-48-44-40-36-33-30-28-26-24-22-20-18-19-21-23-25-27-29-32-34-38-42-46-50-54-58-64(69)66-62(61-67)63(68)57-53-49-45-41-37-16-14-12-10-8-6-4-2/h11,13,17,31,62-63,67-68H,3-10,12,14-16,18-30,32-61H2,1-2H3,(H,66,69)/b13-11-,31-17-. The molecule has 0 heterocycles. The lowest BCUT2D eigenvalue weighted by molar-refractivity contribution is -0.143. The van der Waals surface area contributed by atoms with E-state index in [1.54, 1.807) is 0 Å². The van der Waals surface area contributed by atoms with Crippen LogP contribution in [0.3, 0.4) is 0 Å². The van der Waals surface area contributed by atoms with Crippen LogP contribution in [0.15, 0.2) is 24.3 Å². The Morgan fingerprint density at radius 3 is 1.10 bits per heavy atom. The fourth-order valence-electron chi connectivity index (χ4n) is 10.1. The molecule has 0 fully saturated rings. The number of hydrogen-bond acceptors (Lipinski definition) is 5. The van der Waals surface area contributed by atoms with Crippen LogP contribution < -0.4 is 5.32 Å². The Morgan fingerprint density at radius 1 is 0.394 bits per heavy atom. The third-order valence-corrected chi connectivity index (χ3v) is 15.0. The molecule has 2 atom stereocenters. The number of rotatable bonds is 60. The lowest BCUT2D eigenvalue weighted by atomic mass is 10.0. The van der Waals surface area contributed by atoms with Gasteiger partial charge in [-0.2, -0.15) is 0 Å². The van der Waals surface area contributed by atoms with Crippen molar-refractivity contribution < 1.29 is 24.5 Å². The van der Waals surface area contributed by atoms with Crippen molar-refractivity contribution in [1.82, 2.24) is 5.32 Å². The molecule has 3 N–H and O–H groups in total. The quantitative estimate of drug-likeness (QED) is 0.0320. The monoisotopic (exact) mass is 1000 g/mol. The smallest absolute Gasteiger partial charge is 0.305 e. The van der Waals surface area contributed by atoms with Crippen LogP contribution >= 0.6 is 0 Å². The van der Waals surface area contributed by atoms with Gasteiger partial charge in [-0.25, -0.2) is 0 Å². The SMILES string of the molecule is CCCCC/C=C\C/C=C\CCCCCCCC(=O)OCCCCCCCCCCCCCCCCCCCCCCCCCCCCCC(=O)NC(CO)C(O)CCCCCCCCCCCCCC. The van der Waals surface area contributed by atoms with Crippen LogP contribution in [0.2, 0.25) is 0 Å². The molecule has 0 aliphatic rings. The summed E-state index contributed by atoms with van der Waals surface area (Å²) in [6.07, 6.45) is 74.9. The number of hydrogen-bond donors (Lipinski definition) is 3. The van der Waals surface area contributed by atoms with Gasteiger partial charge in [0.1, 0.15) is 0 Å². The summed E-state index contributed by atoms with van der Waals surface area (Å²) >= 11 is 0. The lowest BCUT2D eigenvalue weighted by Gasteiger charge is -2.22. The number of aliphatic hydroxyl groups excluding tert-OH is 2. The van der Waals surface area contributed by atoms with Crippen LogP contribution in [0.1, 0.15) is 354 Å². The third kappa shape index (κ3) is 57.5. The molecule has 6 heteroatoms. The molecule has 0 aliphatic carbocycles. The summed E-state index contributed by atoms with van der Waals surface area (Å²) < 4.78 is 5.48. The molecule has 0 aliphatic heterocycles. The van der Waals surface area contributed by atoms with Gasteiger partial charge in [-0.1, -0.05) is 308 Å². The Labute approximate surface area is 443 Å². The van der Waals surface area contributed by atoms with E-state index < -0.39 is 12.1 Å². The Balaban J connectivity index is 3.33. The van der Waals surface area contributed by atoms with Crippen LogP contribution in [0, 0.1) is 0 Å². The Bertz CT molecular complexity index is 1110. The molecule has 0 radical (unpaired) electrons. The second-order valence-corrected chi connectivity index (χ2v) is 22.1. The zero-order chi connectivity index (χ0) is 51.4. The van der Waals surface area contributed by atoms with E-state index in [1.807, 2.05) is 0 Å². The van der Waals surface area contributed by atoms with Gasteiger partial charge >= 0.3 is 5.97 Å². The fourth-order valence-corrected chi connectivity index (χ4v) is 10.1. The first kappa shape index (κ1) is 69.3. The van der Waals surface area contributed by atoms with Gasteiger partial charge in [0.15, 0.2) is 0 Å². The minimum Gasteiger partial charge on any atom is -0.466 e. The largest absolute Gasteiger partial charge is 0.466 e. The van der Waals surface area contributed by atoms with Crippen molar-refractivity contribution in [2.24, 2.45) is 0 Å². The molecule has 71 heavy (non-hydrogen) atoms. The maximum Gasteiger partial charge on any atom is 0.305 e. The van der Waals surface area contributed by atoms with Crippen molar-refractivity contribution in [3.8, 4) is 0 Å². The average Bonchev–Trinajstić information content (AvgIpc) is 3.37. The molecule has 0 bridgehead atoms. The van der Waals surface area contributed by atoms with E-state index in [1.165, 1.54) is 270 Å². The maximum atomic E-state index is 12.5. The molecule has 0 saturated carbocycles. The van der Waals surface area contributed by atoms with Gasteiger partial charge in [-0.15, -0.1) is 0 Å². The van der Waals surface area contributed by atoms with E-state index in [0.717, 1.165) is 51.4 Å². The van der Waals surface area contributed by atoms with Gasteiger partial charge in [0.05, 0.1) is 25.4 Å². The van der Waals surface area contributed by atoms with Crippen molar-refractivity contribution in [1.29, 1.82) is 0 Å². The highest BCUT2D eigenvalue weighted by molar-refractivity contribution is 5.76. The Morgan fingerprint density at radius 2 is 0.704 bits per heavy atom. The first-order valence-corrected chi connectivity index (χ1v) is 32.1. The molecule has 420 valence electrons. The first-order chi connectivity index (χ1) is 35.0. The Hall–Kier alpha value is -1.66. The van der Waals surface area contributed by atoms with Gasteiger partial charge in [-0.3, -0.25) is 9.59 Å². The highest BCUT2D eigenvalue weighted by Gasteiger charge is 2.20. The fraction of sp³-hybridized carbons (Fsp3) is 0.908. The summed E-state index contributed by atoms with van der Waals surface area (Å²) in [5.41, 5.74) is 0. The summed E-state index contributed by atoms with van der Waals surface area (Å²) in [7, 11) is 0. The van der Waals surface area contributed by atoms with Crippen LogP contribution in [0.5, 0.6) is 0 Å². The number of nitrogens with one attached hydrogen (secondary N) is 1. The molecule has 0 aromatic heterocycles. The van der Waals surface area contributed by atoms with Crippen molar-refractivity contribution in [3.05, 3.63) is 24.3 Å². The predicted molar refractivity (Wildman–Crippen MR) is 310 cm³/mol. The van der Waals surface area contributed by atoms with E-state index in [-0.39, 0.29) is 18.5 Å². The molecule has 6 nitrogen and oxygen atoms in total. The van der Waals surface area contributed by atoms with Crippen LogP contribution in [-0.2, 0) is 14.3 Å². The van der Waals surface area contributed by atoms with Crippen LogP contribution in [0.25, 0.3) is 0 Å². The van der Waals surface area contributed by atoms with Crippen LogP contribution in [0.4, 0.5) is 0 Å². The predicted octanol–water partition coefficient (Wildman–Crippen LogP) is 20.2. The zero-order valence-electron chi connectivity index (χ0n) is 48.0. The van der Waals surface area contributed by atoms with E-state index in [9.17, 15) is 19.8 Å². The Kier molecular flexibility index (Phi) is 59.5. The summed E-state index contributed by atoms with van der Waals surface area (Å²) in [6.45, 7) is 4.94. The zero-order valence-corrected chi connectivity index (χ0v) is 48.0. The number of allylic oxidation sites excluding steroid dienone is 4. The third-order valence-electron chi connectivity index (χ3n) is 15.0. The normalized spacial score (nSPS) is 12.7. The van der Waals surface area contributed by atoms with Gasteiger partial charge in [0.25, 0.3) is 0 Å². The maximum absolute atomic E-state index is 12.5. The molecule has 1 amide bonds. The number of unbranched alkanes of at least 4 members (excludes halogenated alkanes) is 45. The minimum atomic E-state index is -0.661. The summed E-state index contributed by atoms with van der Waals surface area (Å²) in [4.78, 5) is 24.5. The second kappa shape index (κ2) is 60.9. The van der Waals surface area contributed by atoms with Gasteiger partial charge < -0.3 is 20.3 Å². The van der Waals surface area contributed by atoms with Crippen molar-refractivity contribution in [3.63, 3.8) is 0 Å². The number of amides is 1. The number of carbonyl (C=O) groups is 2. The number of esters is 1. The summed E-state index contributed by atoms with van der Waals surface area (Å²) in [5, 5.41) is 23.2. The molecule has 2 unspecified atom stereocenters. The average molecular weight is 1000 g/mol. The van der Waals surface area contributed by atoms with Crippen molar-refractivity contribution in [2.75, 3.05) is 13.2 Å². The van der Waals surface area contributed by atoms with Crippen molar-refractivity contribution in [2.45, 2.75) is 366 Å². The molecule has 0 rings (SSSR count). The van der Waals surface area contributed by atoms with Crippen molar-refractivity contribution >= 4 is 11.9 Å². The number of aliphatic hydroxyl groups is 2. The van der Waals surface area contributed by atoms with Gasteiger partial charge in [0.2, 0.25) is 5.91 Å². The highest BCUT2D eigenvalue weighted by atomic mass is 16.5. The summed E-state index contributed by atoms with van der Waals surface area (Å²) in [5.74, 6) is -0.0271. The molecule has 0 aromatic rings. The first-order valence-electron chi connectivity index (χ1n) is 32.1. The highest BCUT2D eigenvalue weighted by Crippen LogP contribution is 2.18. The second-order valence-electron chi connectivity index (χ2n) is 22.1. The molecule has 0 spiro atoms. The van der Waals surface area contributed by atoms with Gasteiger partial charge in [-0.05, 0) is 57.8 Å². The molecule has 0 aromatic carbocycles. The molecular formula is C65H125NO5. The van der Waals surface area contributed by atoms with E-state index in [2.05, 4.69) is 43.5 Å². The van der Waals surface area contributed by atoms with E-state index in [4.69, 9.17) is 4.74 Å². The topological polar surface area (TPSA) is 95.9 Å². The lowest BCUT2D eigenvalue weighted by Crippen LogP contribution is -2.45. The van der Waals surface area contributed by atoms with Gasteiger partial charge in [0, 0.05) is 12.8 Å². The number of carbonyl (C=O) groups excluding carboxylic acids is 2. The van der Waals surface area contributed by atoms with E-state index in [0.29, 0.717) is 25.9 Å². The number of ether oxygens (including phenoxy) is 1. The minimum absolute atomic E-state index is 0.00433. The molecule has 0 saturated heterocycles.